The Balaban J connectivity index is 2.29. The predicted octanol–water partition coefficient (Wildman–Crippen LogP) is 3.27. The maximum absolute atomic E-state index is 12.3. The molecule has 4 heteroatoms. The van der Waals surface area contributed by atoms with E-state index in [0.717, 1.165) is 36.9 Å². The van der Waals surface area contributed by atoms with Gasteiger partial charge < -0.3 is 10.1 Å². The minimum absolute atomic E-state index is 0.268. The van der Waals surface area contributed by atoms with E-state index in [-0.39, 0.29) is 6.04 Å². The molecular weight excluding hydrogens is 224 g/mol. The highest BCUT2D eigenvalue weighted by Crippen LogP contribution is 2.35. The van der Waals surface area contributed by atoms with E-state index in [9.17, 15) is 8.78 Å². The molecule has 0 bridgehead atoms. The zero-order chi connectivity index (χ0) is 12.3. The Morgan fingerprint density at radius 2 is 2.29 bits per heavy atom. The minimum atomic E-state index is -2.75. The van der Waals surface area contributed by atoms with Crippen molar-refractivity contribution in [1.82, 2.24) is 5.32 Å². The van der Waals surface area contributed by atoms with Crippen LogP contribution in [0.25, 0.3) is 0 Å². The fourth-order valence-corrected chi connectivity index (χ4v) is 2.48. The number of rotatable bonds is 4. The van der Waals surface area contributed by atoms with Crippen LogP contribution in [0.4, 0.5) is 8.78 Å². The van der Waals surface area contributed by atoms with Gasteiger partial charge in [-0.1, -0.05) is 19.1 Å². The molecule has 0 saturated carbocycles. The predicted molar refractivity (Wildman–Crippen MR) is 62.4 cm³/mol. The van der Waals surface area contributed by atoms with Gasteiger partial charge in [0.05, 0.1) is 0 Å². The number of ether oxygens (including phenoxy) is 1. The van der Waals surface area contributed by atoms with E-state index >= 15 is 0 Å². The van der Waals surface area contributed by atoms with E-state index in [0.29, 0.717) is 5.75 Å². The monoisotopic (exact) mass is 241 g/mol. The minimum Gasteiger partial charge on any atom is -0.435 e. The Hall–Kier alpha value is -1.16. The fourth-order valence-electron chi connectivity index (χ4n) is 2.48. The molecule has 1 N–H and O–H groups in total. The fraction of sp³-hybridized carbons (Fsp3) is 0.538. The van der Waals surface area contributed by atoms with Crippen LogP contribution in [0.5, 0.6) is 5.75 Å². The molecule has 1 aliphatic rings. The topological polar surface area (TPSA) is 21.3 Å². The van der Waals surface area contributed by atoms with Gasteiger partial charge in [0, 0.05) is 6.04 Å². The standard InChI is InChI=1S/C13H17F2NO/c1-2-16-11-7-3-6-10-9(11)5-4-8-12(10)17-13(14)15/h4-5,8,11,13,16H,2-3,6-7H2,1H3. The summed E-state index contributed by atoms with van der Waals surface area (Å²) in [6.45, 7) is 0.179. The number of nitrogens with one attached hydrogen (secondary N) is 1. The summed E-state index contributed by atoms with van der Waals surface area (Å²) in [4.78, 5) is 0. The second kappa shape index (κ2) is 5.45. The first-order valence-electron chi connectivity index (χ1n) is 6.02. The molecular formula is C13H17F2NO. The number of benzene rings is 1. The van der Waals surface area contributed by atoms with E-state index in [2.05, 4.69) is 10.1 Å². The number of hydrogen-bond acceptors (Lipinski definition) is 2. The molecule has 1 unspecified atom stereocenters. The van der Waals surface area contributed by atoms with Crippen molar-refractivity contribution in [2.45, 2.75) is 38.8 Å². The van der Waals surface area contributed by atoms with Gasteiger partial charge in [-0.25, -0.2) is 0 Å². The maximum atomic E-state index is 12.3. The number of alkyl halides is 2. The molecule has 94 valence electrons. The highest BCUT2D eigenvalue weighted by Gasteiger charge is 2.22. The van der Waals surface area contributed by atoms with Crippen LogP contribution in [0.15, 0.2) is 18.2 Å². The third-order valence-corrected chi connectivity index (χ3v) is 3.13. The molecule has 0 heterocycles. The van der Waals surface area contributed by atoms with E-state index in [1.807, 2.05) is 13.0 Å². The molecule has 1 aromatic carbocycles. The van der Waals surface area contributed by atoms with Gasteiger partial charge in [0.1, 0.15) is 5.75 Å². The molecule has 2 nitrogen and oxygen atoms in total. The first-order valence-corrected chi connectivity index (χ1v) is 6.02. The Bertz CT molecular complexity index is 382. The Labute approximate surface area is 100.0 Å². The van der Waals surface area contributed by atoms with Crippen molar-refractivity contribution in [3.63, 3.8) is 0 Å². The van der Waals surface area contributed by atoms with Crippen molar-refractivity contribution >= 4 is 0 Å². The van der Waals surface area contributed by atoms with E-state index in [1.54, 1.807) is 12.1 Å². The van der Waals surface area contributed by atoms with Crippen LogP contribution in [0.1, 0.15) is 36.9 Å². The zero-order valence-electron chi connectivity index (χ0n) is 9.88. The molecule has 0 amide bonds. The average Bonchev–Trinajstić information content (AvgIpc) is 2.30. The van der Waals surface area contributed by atoms with E-state index in [4.69, 9.17) is 0 Å². The van der Waals surface area contributed by atoms with Gasteiger partial charge in [-0.05, 0) is 43.0 Å². The van der Waals surface area contributed by atoms with Crippen LogP contribution in [0.3, 0.4) is 0 Å². The zero-order valence-corrected chi connectivity index (χ0v) is 9.88. The van der Waals surface area contributed by atoms with Gasteiger partial charge in [-0.2, -0.15) is 8.78 Å². The van der Waals surface area contributed by atoms with Crippen LogP contribution in [0.2, 0.25) is 0 Å². The van der Waals surface area contributed by atoms with Crippen molar-refractivity contribution in [3.8, 4) is 5.75 Å². The number of halogens is 2. The van der Waals surface area contributed by atoms with Crippen LogP contribution in [-0.4, -0.2) is 13.2 Å². The molecule has 0 fully saturated rings. The lowest BCUT2D eigenvalue weighted by Gasteiger charge is -2.27. The summed E-state index contributed by atoms with van der Waals surface area (Å²) in [5.74, 6) is 0.333. The highest BCUT2D eigenvalue weighted by molar-refractivity contribution is 5.43. The molecule has 0 radical (unpaired) electrons. The molecule has 1 aromatic rings. The molecule has 2 rings (SSSR count). The summed E-state index contributed by atoms with van der Waals surface area (Å²) in [5, 5.41) is 3.38. The highest BCUT2D eigenvalue weighted by atomic mass is 19.3. The van der Waals surface area contributed by atoms with Crippen LogP contribution < -0.4 is 10.1 Å². The lowest BCUT2D eigenvalue weighted by atomic mass is 9.87. The van der Waals surface area contributed by atoms with Crippen molar-refractivity contribution in [1.29, 1.82) is 0 Å². The maximum Gasteiger partial charge on any atom is 0.387 e. The summed E-state index contributed by atoms with van der Waals surface area (Å²) in [5.41, 5.74) is 2.04. The third-order valence-electron chi connectivity index (χ3n) is 3.13. The molecule has 0 saturated heterocycles. The molecule has 17 heavy (non-hydrogen) atoms. The Morgan fingerprint density at radius 1 is 1.47 bits per heavy atom. The van der Waals surface area contributed by atoms with Gasteiger partial charge in [0.2, 0.25) is 0 Å². The van der Waals surface area contributed by atoms with Crippen molar-refractivity contribution in [2.75, 3.05) is 6.54 Å². The summed E-state index contributed by atoms with van der Waals surface area (Å²) < 4.78 is 29.2. The largest absolute Gasteiger partial charge is 0.435 e. The first kappa shape index (κ1) is 12.3. The van der Waals surface area contributed by atoms with Gasteiger partial charge in [-0.3, -0.25) is 0 Å². The van der Waals surface area contributed by atoms with Crippen LogP contribution in [0, 0.1) is 0 Å². The number of fused-ring (bicyclic) bond motifs is 1. The molecule has 0 aliphatic heterocycles. The summed E-state index contributed by atoms with van der Waals surface area (Å²) in [7, 11) is 0. The third kappa shape index (κ3) is 2.75. The van der Waals surface area contributed by atoms with Gasteiger partial charge >= 0.3 is 6.61 Å². The van der Waals surface area contributed by atoms with Crippen molar-refractivity contribution in [2.24, 2.45) is 0 Å². The Morgan fingerprint density at radius 3 is 3.00 bits per heavy atom. The van der Waals surface area contributed by atoms with Crippen LogP contribution >= 0.6 is 0 Å². The quantitative estimate of drug-likeness (QED) is 0.873. The normalized spacial score (nSPS) is 19.2. The second-order valence-corrected chi connectivity index (χ2v) is 4.20. The Kier molecular flexibility index (Phi) is 3.94. The van der Waals surface area contributed by atoms with E-state index < -0.39 is 6.61 Å². The molecule has 1 atom stereocenters. The lowest BCUT2D eigenvalue weighted by Crippen LogP contribution is -2.25. The summed E-state index contributed by atoms with van der Waals surface area (Å²) >= 11 is 0. The smallest absolute Gasteiger partial charge is 0.387 e. The van der Waals surface area contributed by atoms with E-state index in [1.165, 1.54) is 0 Å². The first-order chi connectivity index (χ1) is 8.22. The molecule has 0 spiro atoms. The van der Waals surface area contributed by atoms with Crippen LogP contribution in [-0.2, 0) is 6.42 Å². The number of hydrogen-bond donors (Lipinski definition) is 1. The second-order valence-electron chi connectivity index (χ2n) is 4.20. The van der Waals surface area contributed by atoms with Gasteiger partial charge in [0.15, 0.2) is 0 Å². The SMILES string of the molecule is CCNC1CCCc2c(OC(F)F)cccc21. The summed E-state index contributed by atoms with van der Waals surface area (Å²) in [6, 6.07) is 5.68. The molecule has 1 aliphatic carbocycles. The van der Waals surface area contributed by atoms with Gasteiger partial charge in [0.25, 0.3) is 0 Å². The van der Waals surface area contributed by atoms with Crippen molar-refractivity contribution in [3.05, 3.63) is 29.3 Å². The summed E-state index contributed by atoms with van der Waals surface area (Å²) in [6.07, 6.45) is 2.88. The van der Waals surface area contributed by atoms with Crippen molar-refractivity contribution < 1.29 is 13.5 Å². The molecule has 0 aromatic heterocycles. The lowest BCUT2D eigenvalue weighted by molar-refractivity contribution is -0.0506. The van der Waals surface area contributed by atoms with Gasteiger partial charge in [-0.15, -0.1) is 0 Å². The average molecular weight is 241 g/mol.